The molecule has 0 atom stereocenters. The zero-order chi connectivity index (χ0) is 12.7. The molecule has 0 heterocycles. The van der Waals surface area contributed by atoms with Gasteiger partial charge in [0.05, 0.1) is 6.61 Å². The Morgan fingerprint density at radius 2 is 2.00 bits per heavy atom. The SMILES string of the molecule is CCOC(=O)C(=O)NCCN(C)C1CCCC1. The van der Waals surface area contributed by atoms with Crippen LogP contribution in [0.2, 0.25) is 0 Å². The second kappa shape index (κ2) is 7.27. The average Bonchev–Trinajstić information content (AvgIpc) is 2.82. The fourth-order valence-electron chi connectivity index (χ4n) is 2.14. The van der Waals surface area contributed by atoms with E-state index in [0.717, 1.165) is 6.54 Å². The third kappa shape index (κ3) is 4.73. The van der Waals surface area contributed by atoms with Crippen molar-refractivity contribution in [1.82, 2.24) is 10.2 Å². The van der Waals surface area contributed by atoms with E-state index in [1.807, 2.05) is 0 Å². The molecule has 1 aliphatic carbocycles. The van der Waals surface area contributed by atoms with Crippen molar-refractivity contribution < 1.29 is 14.3 Å². The molecule has 0 aromatic heterocycles. The highest BCUT2D eigenvalue weighted by Crippen LogP contribution is 2.21. The van der Waals surface area contributed by atoms with Crippen molar-refractivity contribution in [2.75, 3.05) is 26.7 Å². The lowest BCUT2D eigenvalue weighted by atomic mass is 10.2. The summed E-state index contributed by atoms with van der Waals surface area (Å²) in [6.45, 7) is 3.17. The zero-order valence-electron chi connectivity index (χ0n) is 10.7. The smallest absolute Gasteiger partial charge is 0.396 e. The van der Waals surface area contributed by atoms with Crippen LogP contribution in [0.1, 0.15) is 32.6 Å². The van der Waals surface area contributed by atoms with Crippen molar-refractivity contribution in [3.8, 4) is 0 Å². The summed E-state index contributed by atoms with van der Waals surface area (Å²) in [5, 5.41) is 2.57. The monoisotopic (exact) mass is 242 g/mol. The van der Waals surface area contributed by atoms with E-state index >= 15 is 0 Å². The molecule has 98 valence electrons. The summed E-state index contributed by atoms with van der Waals surface area (Å²) in [4.78, 5) is 24.5. The summed E-state index contributed by atoms with van der Waals surface area (Å²) in [6.07, 6.45) is 5.07. The normalized spacial score (nSPS) is 16.2. The third-order valence-corrected chi connectivity index (χ3v) is 3.16. The van der Waals surface area contributed by atoms with Gasteiger partial charge in [0.2, 0.25) is 0 Å². The number of ether oxygens (including phenoxy) is 1. The van der Waals surface area contributed by atoms with Crippen LogP contribution in [-0.2, 0) is 14.3 Å². The quantitative estimate of drug-likeness (QED) is 0.564. The molecular formula is C12H22N2O3. The molecular weight excluding hydrogens is 220 g/mol. The molecule has 0 bridgehead atoms. The number of hydrogen-bond acceptors (Lipinski definition) is 4. The molecule has 1 fully saturated rings. The molecule has 0 aromatic carbocycles. The molecule has 0 unspecified atom stereocenters. The number of nitrogens with one attached hydrogen (secondary N) is 1. The Morgan fingerprint density at radius 1 is 1.35 bits per heavy atom. The maximum Gasteiger partial charge on any atom is 0.396 e. The van der Waals surface area contributed by atoms with Crippen molar-refractivity contribution in [3.05, 3.63) is 0 Å². The van der Waals surface area contributed by atoms with Gasteiger partial charge in [-0.15, -0.1) is 0 Å². The molecule has 0 aliphatic heterocycles. The lowest BCUT2D eigenvalue weighted by molar-refractivity contribution is -0.154. The lowest BCUT2D eigenvalue weighted by Crippen LogP contribution is -2.40. The average molecular weight is 242 g/mol. The van der Waals surface area contributed by atoms with Crippen molar-refractivity contribution in [2.45, 2.75) is 38.6 Å². The van der Waals surface area contributed by atoms with Crippen LogP contribution in [0.3, 0.4) is 0 Å². The molecule has 1 amide bonds. The minimum absolute atomic E-state index is 0.230. The van der Waals surface area contributed by atoms with Crippen molar-refractivity contribution >= 4 is 11.9 Å². The van der Waals surface area contributed by atoms with Crippen molar-refractivity contribution in [2.24, 2.45) is 0 Å². The number of carbonyl (C=O) groups is 2. The minimum atomic E-state index is -0.795. The number of esters is 1. The number of amides is 1. The highest BCUT2D eigenvalue weighted by atomic mass is 16.5. The van der Waals surface area contributed by atoms with Gasteiger partial charge in [-0.3, -0.25) is 4.79 Å². The third-order valence-electron chi connectivity index (χ3n) is 3.16. The molecule has 5 nitrogen and oxygen atoms in total. The highest BCUT2D eigenvalue weighted by Gasteiger charge is 2.19. The van der Waals surface area contributed by atoms with Crippen LogP contribution in [0.5, 0.6) is 0 Å². The standard InChI is InChI=1S/C12H22N2O3/c1-3-17-12(16)11(15)13-8-9-14(2)10-6-4-5-7-10/h10H,3-9H2,1-2H3,(H,13,15). The number of carbonyl (C=O) groups excluding carboxylic acids is 2. The highest BCUT2D eigenvalue weighted by molar-refractivity contribution is 6.32. The molecule has 1 rings (SSSR count). The van der Waals surface area contributed by atoms with Gasteiger partial charge in [-0.25, -0.2) is 4.79 Å². The van der Waals surface area contributed by atoms with E-state index in [2.05, 4.69) is 22.0 Å². The van der Waals surface area contributed by atoms with Gasteiger partial charge < -0.3 is 15.0 Å². The summed E-state index contributed by atoms with van der Waals surface area (Å²) in [5.74, 6) is -1.44. The Morgan fingerprint density at radius 3 is 2.59 bits per heavy atom. The van der Waals surface area contributed by atoms with Crippen molar-refractivity contribution in [3.63, 3.8) is 0 Å². The van der Waals surface area contributed by atoms with E-state index in [1.54, 1.807) is 6.92 Å². The second-order valence-corrected chi connectivity index (χ2v) is 4.40. The lowest BCUT2D eigenvalue weighted by Gasteiger charge is -2.23. The van der Waals surface area contributed by atoms with E-state index in [-0.39, 0.29) is 6.61 Å². The maximum atomic E-state index is 11.2. The van der Waals surface area contributed by atoms with Crippen LogP contribution in [0.4, 0.5) is 0 Å². The summed E-state index contributed by atoms with van der Waals surface area (Å²) in [5.41, 5.74) is 0. The molecule has 0 spiro atoms. The molecule has 1 N–H and O–H groups in total. The number of nitrogens with zero attached hydrogens (tertiary/aromatic N) is 1. The Labute approximate surface area is 102 Å². The van der Waals surface area contributed by atoms with E-state index in [0.29, 0.717) is 12.6 Å². The predicted octanol–water partition coefficient (Wildman–Crippen LogP) is 0.540. The molecule has 0 aromatic rings. The van der Waals surface area contributed by atoms with Crippen LogP contribution in [0.15, 0.2) is 0 Å². The van der Waals surface area contributed by atoms with Gasteiger partial charge in [-0.2, -0.15) is 0 Å². The fraction of sp³-hybridized carbons (Fsp3) is 0.833. The van der Waals surface area contributed by atoms with E-state index in [4.69, 9.17) is 0 Å². The Bertz CT molecular complexity index is 262. The number of likely N-dealkylation sites (N-methyl/N-ethyl adjacent to an activating group) is 1. The first-order chi connectivity index (χ1) is 8.15. The van der Waals surface area contributed by atoms with Gasteiger partial charge >= 0.3 is 11.9 Å². The fourth-order valence-corrected chi connectivity index (χ4v) is 2.14. The molecule has 1 saturated carbocycles. The van der Waals surface area contributed by atoms with Gasteiger partial charge in [0.25, 0.3) is 0 Å². The molecule has 17 heavy (non-hydrogen) atoms. The van der Waals surface area contributed by atoms with E-state index in [1.165, 1.54) is 25.7 Å². The molecule has 5 heteroatoms. The number of rotatable bonds is 5. The van der Waals surface area contributed by atoms with Crippen LogP contribution in [-0.4, -0.2) is 49.6 Å². The summed E-state index contributed by atoms with van der Waals surface area (Å²) in [7, 11) is 2.06. The van der Waals surface area contributed by atoms with Crippen LogP contribution in [0.25, 0.3) is 0 Å². The van der Waals surface area contributed by atoms with Crippen molar-refractivity contribution in [1.29, 1.82) is 0 Å². The minimum Gasteiger partial charge on any atom is -0.459 e. The molecule has 1 aliphatic rings. The van der Waals surface area contributed by atoms with Gasteiger partial charge in [0.1, 0.15) is 0 Å². The van der Waals surface area contributed by atoms with Crippen LogP contribution < -0.4 is 5.32 Å². The maximum absolute atomic E-state index is 11.2. The van der Waals surface area contributed by atoms with Gasteiger partial charge in [-0.1, -0.05) is 12.8 Å². The topological polar surface area (TPSA) is 58.6 Å². The zero-order valence-corrected chi connectivity index (χ0v) is 10.7. The first-order valence-electron chi connectivity index (χ1n) is 6.30. The summed E-state index contributed by atoms with van der Waals surface area (Å²) >= 11 is 0. The van der Waals surface area contributed by atoms with E-state index < -0.39 is 11.9 Å². The van der Waals surface area contributed by atoms with Crippen LogP contribution in [0, 0.1) is 0 Å². The Kier molecular flexibility index (Phi) is 5.97. The summed E-state index contributed by atoms with van der Waals surface area (Å²) < 4.78 is 4.60. The predicted molar refractivity (Wildman–Crippen MR) is 64.5 cm³/mol. The molecule has 0 saturated heterocycles. The largest absolute Gasteiger partial charge is 0.459 e. The Hall–Kier alpha value is -1.10. The molecule has 0 radical (unpaired) electrons. The number of hydrogen-bond donors (Lipinski definition) is 1. The van der Waals surface area contributed by atoms with Gasteiger partial charge in [0, 0.05) is 19.1 Å². The Balaban J connectivity index is 2.14. The van der Waals surface area contributed by atoms with Crippen LogP contribution >= 0.6 is 0 Å². The van der Waals surface area contributed by atoms with Gasteiger partial charge in [0.15, 0.2) is 0 Å². The second-order valence-electron chi connectivity index (χ2n) is 4.40. The summed E-state index contributed by atoms with van der Waals surface area (Å²) in [6, 6.07) is 0.634. The first-order valence-corrected chi connectivity index (χ1v) is 6.30. The first kappa shape index (κ1) is 14.0. The van der Waals surface area contributed by atoms with Gasteiger partial charge in [-0.05, 0) is 26.8 Å². The van der Waals surface area contributed by atoms with E-state index in [9.17, 15) is 9.59 Å².